The van der Waals surface area contributed by atoms with Crippen LogP contribution < -0.4 is 4.74 Å². The average molecular weight is 780 g/mol. The topological polar surface area (TPSA) is 72.3 Å². The van der Waals surface area contributed by atoms with E-state index in [-0.39, 0.29) is 42.5 Å². The molecule has 5 nitrogen and oxygen atoms in total. The van der Waals surface area contributed by atoms with Gasteiger partial charge in [-0.25, -0.2) is 4.98 Å². The van der Waals surface area contributed by atoms with Crippen molar-refractivity contribution in [1.82, 2.24) is 9.97 Å². The number of carbonyl (C=O) groups excluding carboxylic acids is 1. The molecule has 0 aliphatic heterocycles. The molecule has 1 N–H and O–H groups in total. The Balaban J connectivity index is 0.000000270. The largest absolute Gasteiger partial charge is 0.512 e. The summed E-state index contributed by atoms with van der Waals surface area (Å²) >= 11 is 0. The minimum atomic E-state index is -0.337. The van der Waals surface area contributed by atoms with E-state index in [1.54, 1.807) is 24.7 Å². The number of benzene rings is 3. The van der Waals surface area contributed by atoms with Gasteiger partial charge in [0, 0.05) is 48.6 Å². The first-order valence-corrected chi connectivity index (χ1v) is 15.5. The molecule has 2 heterocycles. The SMILES string of the molecule is CCC(C)(CC)C(=O)/C=C(\O)C(C)(CC)CC.[Ir].[c-]1cnccc1Oc1nccc2c1ccc1cc(-c3ccccc3)ccc12. The number of aromatic nitrogens is 2. The van der Waals surface area contributed by atoms with Crippen LogP contribution in [0.4, 0.5) is 0 Å². The molecule has 0 atom stereocenters. The third-order valence-corrected chi connectivity index (χ3v) is 9.23. The van der Waals surface area contributed by atoms with E-state index in [9.17, 15) is 9.90 Å². The minimum absolute atomic E-state index is 0. The second-order valence-electron chi connectivity index (χ2n) is 11.7. The molecule has 0 bridgehead atoms. The van der Waals surface area contributed by atoms with E-state index in [0.717, 1.165) is 36.5 Å². The van der Waals surface area contributed by atoms with Crippen LogP contribution in [0.2, 0.25) is 0 Å². The summed E-state index contributed by atoms with van der Waals surface area (Å²) in [6.45, 7) is 12.1. The van der Waals surface area contributed by atoms with Crippen molar-refractivity contribution in [2.24, 2.45) is 10.8 Å². The summed E-state index contributed by atoms with van der Waals surface area (Å²) in [6, 6.07) is 27.9. The first-order chi connectivity index (χ1) is 21.2. The zero-order valence-corrected chi connectivity index (χ0v) is 29.5. The summed E-state index contributed by atoms with van der Waals surface area (Å²) in [5.74, 6) is 1.46. The second-order valence-corrected chi connectivity index (χ2v) is 11.7. The summed E-state index contributed by atoms with van der Waals surface area (Å²) in [5.41, 5.74) is 1.82. The van der Waals surface area contributed by atoms with E-state index in [1.807, 2.05) is 53.7 Å². The number of aliphatic hydroxyl groups is 1. The van der Waals surface area contributed by atoms with E-state index in [0.29, 0.717) is 11.6 Å². The van der Waals surface area contributed by atoms with Crippen molar-refractivity contribution in [1.29, 1.82) is 0 Å². The van der Waals surface area contributed by atoms with Crippen LogP contribution in [-0.2, 0) is 24.9 Å². The van der Waals surface area contributed by atoms with Gasteiger partial charge in [0.1, 0.15) is 5.76 Å². The van der Waals surface area contributed by atoms with Crippen molar-refractivity contribution in [3.63, 3.8) is 0 Å². The zero-order valence-electron chi connectivity index (χ0n) is 27.1. The van der Waals surface area contributed by atoms with E-state index >= 15 is 0 Å². The van der Waals surface area contributed by atoms with Crippen molar-refractivity contribution >= 4 is 27.3 Å². The summed E-state index contributed by atoms with van der Waals surface area (Å²) in [4.78, 5) is 20.6. The van der Waals surface area contributed by atoms with Crippen LogP contribution in [0.1, 0.15) is 67.2 Å². The van der Waals surface area contributed by atoms with Gasteiger partial charge >= 0.3 is 0 Å². The van der Waals surface area contributed by atoms with Gasteiger partial charge in [-0.2, -0.15) is 12.1 Å². The van der Waals surface area contributed by atoms with E-state index in [2.05, 4.69) is 70.6 Å². The van der Waals surface area contributed by atoms with Crippen LogP contribution in [0.15, 0.2) is 103 Å². The average Bonchev–Trinajstić information content (AvgIpc) is 3.08. The Bertz CT molecular complexity index is 1730. The Hall–Kier alpha value is -3.86. The zero-order chi connectivity index (χ0) is 31.7. The molecule has 237 valence electrons. The van der Waals surface area contributed by atoms with E-state index in [4.69, 9.17) is 4.74 Å². The number of allylic oxidation sites excluding steroid dienone is 2. The van der Waals surface area contributed by atoms with Gasteiger partial charge in [-0.05, 0) is 76.9 Å². The van der Waals surface area contributed by atoms with Gasteiger partial charge in [-0.1, -0.05) is 102 Å². The van der Waals surface area contributed by atoms with Crippen LogP contribution >= 0.6 is 0 Å². The van der Waals surface area contributed by atoms with Crippen LogP contribution in [-0.4, -0.2) is 20.9 Å². The molecule has 0 spiro atoms. The Morgan fingerprint density at radius 3 is 2.09 bits per heavy atom. The Morgan fingerprint density at radius 1 is 0.800 bits per heavy atom. The quantitative estimate of drug-likeness (QED) is 0.0661. The predicted octanol–water partition coefficient (Wildman–Crippen LogP) is 10.7. The number of ketones is 1. The molecule has 5 aromatic rings. The maximum absolute atomic E-state index is 12.2. The molecule has 0 fully saturated rings. The number of aliphatic hydroxyl groups excluding tert-OH is 1. The summed E-state index contributed by atoms with van der Waals surface area (Å²) < 4.78 is 5.93. The fourth-order valence-corrected chi connectivity index (χ4v) is 5.01. The Labute approximate surface area is 281 Å². The molecule has 0 saturated carbocycles. The van der Waals surface area contributed by atoms with Gasteiger partial charge in [0.05, 0.1) is 0 Å². The Kier molecular flexibility index (Phi) is 12.6. The predicted molar refractivity (Wildman–Crippen MR) is 181 cm³/mol. The maximum Gasteiger partial charge on any atom is 0.223 e. The van der Waals surface area contributed by atoms with Gasteiger partial charge in [0.15, 0.2) is 5.78 Å². The molecular formula is C39H43IrN2O3-. The molecule has 2 aromatic heterocycles. The molecule has 3 aromatic carbocycles. The van der Waals surface area contributed by atoms with Crippen molar-refractivity contribution in [2.45, 2.75) is 67.2 Å². The van der Waals surface area contributed by atoms with Gasteiger partial charge in [-0.3, -0.25) is 4.79 Å². The molecule has 0 unspecified atom stereocenters. The van der Waals surface area contributed by atoms with Gasteiger partial charge in [-0.15, -0.1) is 0 Å². The van der Waals surface area contributed by atoms with Crippen molar-refractivity contribution in [3.05, 3.63) is 109 Å². The van der Waals surface area contributed by atoms with Crippen molar-refractivity contribution < 1.29 is 34.7 Å². The minimum Gasteiger partial charge on any atom is -0.512 e. The fourth-order valence-electron chi connectivity index (χ4n) is 5.01. The monoisotopic (exact) mass is 780 g/mol. The summed E-state index contributed by atoms with van der Waals surface area (Å²) in [6.07, 6.45) is 9.80. The van der Waals surface area contributed by atoms with Crippen LogP contribution in [0.25, 0.3) is 32.7 Å². The third-order valence-electron chi connectivity index (χ3n) is 9.23. The van der Waals surface area contributed by atoms with Crippen LogP contribution in [0.5, 0.6) is 11.6 Å². The van der Waals surface area contributed by atoms with Gasteiger partial charge in [0.2, 0.25) is 5.88 Å². The molecule has 45 heavy (non-hydrogen) atoms. The molecule has 0 aliphatic carbocycles. The molecule has 1 radical (unpaired) electrons. The molecule has 0 amide bonds. The number of rotatable bonds is 10. The molecular weight excluding hydrogens is 737 g/mol. The van der Waals surface area contributed by atoms with Gasteiger partial charge in [0.25, 0.3) is 0 Å². The van der Waals surface area contributed by atoms with E-state index in [1.165, 1.54) is 28.0 Å². The Morgan fingerprint density at radius 2 is 1.47 bits per heavy atom. The number of hydrogen-bond acceptors (Lipinski definition) is 5. The van der Waals surface area contributed by atoms with Crippen molar-refractivity contribution in [3.8, 4) is 22.8 Å². The fraction of sp³-hybridized carbons (Fsp3) is 0.308. The molecule has 0 aliphatic rings. The first kappa shape index (κ1) is 35.6. The van der Waals surface area contributed by atoms with Crippen molar-refractivity contribution in [2.75, 3.05) is 0 Å². The second kappa shape index (κ2) is 15.9. The number of nitrogens with zero attached hydrogens (tertiary/aromatic N) is 2. The van der Waals surface area contributed by atoms with E-state index < -0.39 is 0 Å². The summed E-state index contributed by atoms with van der Waals surface area (Å²) in [7, 11) is 0. The van der Waals surface area contributed by atoms with Crippen LogP contribution in [0, 0.1) is 16.9 Å². The number of carbonyl (C=O) groups is 1. The standard InChI is InChI=1S/C24H15N2O.C15H28O2.Ir/c1-2-4-17(5-3-1)18-6-8-21-19(16-18)7-9-23-22(21)12-15-26-24(23)27-20-10-13-25-14-11-20;1-7-14(5,8-2)12(16)11-13(17)15(6,9-3)10-4;/h1-10,12-16H;11,16H,7-10H2,1-6H3;/q-1;;/b;12-11-;. The first-order valence-electron chi connectivity index (χ1n) is 15.5. The number of fused-ring (bicyclic) bond motifs is 3. The smallest absolute Gasteiger partial charge is 0.223 e. The third kappa shape index (κ3) is 8.25. The van der Waals surface area contributed by atoms with Crippen LogP contribution in [0.3, 0.4) is 0 Å². The summed E-state index contributed by atoms with van der Waals surface area (Å²) in [5, 5.41) is 14.6. The molecule has 5 rings (SSSR count). The number of ether oxygens (including phenoxy) is 1. The normalized spacial score (nSPS) is 11.8. The van der Waals surface area contributed by atoms with Gasteiger partial charge < -0.3 is 14.8 Å². The number of pyridine rings is 2. The maximum atomic E-state index is 12.2. The molecule has 0 saturated heterocycles. The molecule has 6 heteroatoms. The number of hydrogen-bond donors (Lipinski definition) is 1.